The SMILES string of the molecule is Cc1c(NC(=O)Cn2cc([N+](=O)[O-])ccc2=O)cccc1NC(=O)c1ccccc1. The number of nitrogens with one attached hydrogen (secondary N) is 2. The van der Waals surface area contributed by atoms with Crippen LogP contribution in [0, 0.1) is 17.0 Å². The molecule has 0 bridgehead atoms. The molecule has 0 radical (unpaired) electrons. The number of pyridine rings is 1. The molecular formula is C21H18N4O5. The van der Waals surface area contributed by atoms with Gasteiger partial charge < -0.3 is 10.6 Å². The highest BCUT2D eigenvalue weighted by atomic mass is 16.6. The van der Waals surface area contributed by atoms with Crippen LogP contribution in [0.5, 0.6) is 0 Å². The zero-order chi connectivity index (χ0) is 21.7. The fraction of sp³-hybridized carbons (Fsp3) is 0.0952. The summed E-state index contributed by atoms with van der Waals surface area (Å²) in [6, 6.07) is 15.9. The molecule has 2 aromatic carbocycles. The Morgan fingerprint density at radius 3 is 2.30 bits per heavy atom. The maximum absolute atomic E-state index is 12.4. The van der Waals surface area contributed by atoms with Crippen LogP contribution in [0.25, 0.3) is 0 Å². The lowest BCUT2D eigenvalue weighted by Gasteiger charge is -2.14. The molecule has 0 aliphatic carbocycles. The van der Waals surface area contributed by atoms with Gasteiger partial charge in [-0.1, -0.05) is 24.3 Å². The summed E-state index contributed by atoms with van der Waals surface area (Å²) in [5.41, 5.74) is 1.27. The smallest absolute Gasteiger partial charge is 0.285 e. The van der Waals surface area contributed by atoms with Gasteiger partial charge >= 0.3 is 0 Å². The highest BCUT2D eigenvalue weighted by Crippen LogP contribution is 2.24. The van der Waals surface area contributed by atoms with Crippen LogP contribution in [0.3, 0.4) is 0 Å². The number of nitrogens with zero attached hydrogens (tertiary/aromatic N) is 2. The lowest BCUT2D eigenvalue weighted by atomic mass is 10.1. The molecule has 9 nitrogen and oxygen atoms in total. The van der Waals surface area contributed by atoms with E-state index in [-0.39, 0.29) is 18.1 Å². The summed E-state index contributed by atoms with van der Waals surface area (Å²) < 4.78 is 0.962. The normalized spacial score (nSPS) is 10.3. The van der Waals surface area contributed by atoms with Gasteiger partial charge in [0, 0.05) is 29.1 Å². The summed E-state index contributed by atoms with van der Waals surface area (Å²) in [6.07, 6.45) is 1.02. The Morgan fingerprint density at radius 2 is 1.63 bits per heavy atom. The van der Waals surface area contributed by atoms with Crippen molar-refractivity contribution in [1.29, 1.82) is 0 Å². The molecule has 0 fully saturated rings. The summed E-state index contributed by atoms with van der Waals surface area (Å²) >= 11 is 0. The van der Waals surface area contributed by atoms with Gasteiger partial charge in [0.05, 0.1) is 11.1 Å². The molecule has 3 aromatic rings. The van der Waals surface area contributed by atoms with E-state index in [1.54, 1.807) is 49.4 Å². The molecular weight excluding hydrogens is 388 g/mol. The molecule has 0 spiro atoms. The molecule has 0 saturated heterocycles. The number of anilines is 2. The number of aromatic nitrogens is 1. The first-order valence-corrected chi connectivity index (χ1v) is 8.96. The Hall–Kier alpha value is -4.27. The third-order valence-corrected chi connectivity index (χ3v) is 4.38. The molecule has 9 heteroatoms. The quantitative estimate of drug-likeness (QED) is 0.481. The molecule has 30 heavy (non-hydrogen) atoms. The van der Waals surface area contributed by atoms with Gasteiger partial charge in [-0.25, -0.2) is 0 Å². The van der Waals surface area contributed by atoms with Gasteiger partial charge in [-0.2, -0.15) is 0 Å². The summed E-state index contributed by atoms with van der Waals surface area (Å²) in [5, 5.41) is 16.3. The van der Waals surface area contributed by atoms with Gasteiger partial charge in [0.15, 0.2) is 0 Å². The van der Waals surface area contributed by atoms with E-state index in [4.69, 9.17) is 0 Å². The summed E-state index contributed by atoms with van der Waals surface area (Å²) in [5.74, 6) is -0.822. The Kier molecular flexibility index (Phi) is 6.02. The average molecular weight is 406 g/mol. The molecule has 3 rings (SSSR count). The lowest BCUT2D eigenvalue weighted by molar-refractivity contribution is -0.385. The summed E-state index contributed by atoms with van der Waals surface area (Å²) in [4.78, 5) is 46.9. The first-order chi connectivity index (χ1) is 14.3. The molecule has 0 saturated carbocycles. The van der Waals surface area contributed by atoms with E-state index in [1.165, 1.54) is 0 Å². The predicted molar refractivity (Wildman–Crippen MR) is 112 cm³/mol. The maximum atomic E-state index is 12.4. The second-order valence-electron chi connectivity index (χ2n) is 6.46. The van der Waals surface area contributed by atoms with Crippen LogP contribution in [-0.2, 0) is 11.3 Å². The van der Waals surface area contributed by atoms with E-state index >= 15 is 0 Å². The van der Waals surface area contributed by atoms with Crippen LogP contribution in [0.4, 0.5) is 17.1 Å². The van der Waals surface area contributed by atoms with Crippen molar-refractivity contribution in [2.75, 3.05) is 10.6 Å². The van der Waals surface area contributed by atoms with Gasteiger partial charge in [-0.05, 0) is 36.8 Å². The lowest BCUT2D eigenvalue weighted by Crippen LogP contribution is -2.27. The average Bonchev–Trinajstić information content (AvgIpc) is 2.73. The third-order valence-electron chi connectivity index (χ3n) is 4.38. The largest absolute Gasteiger partial charge is 0.324 e. The van der Waals surface area contributed by atoms with E-state index in [2.05, 4.69) is 10.6 Å². The molecule has 152 valence electrons. The van der Waals surface area contributed by atoms with E-state index in [0.717, 1.165) is 22.9 Å². The number of carbonyl (C=O) groups excluding carboxylic acids is 2. The summed E-state index contributed by atoms with van der Waals surface area (Å²) in [6.45, 7) is 1.34. The van der Waals surface area contributed by atoms with Crippen LogP contribution >= 0.6 is 0 Å². The first-order valence-electron chi connectivity index (χ1n) is 8.96. The highest BCUT2D eigenvalue weighted by Gasteiger charge is 2.13. The third kappa shape index (κ3) is 4.76. The van der Waals surface area contributed by atoms with Gasteiger partial charge in [0.1, 0.15) is 6.54 Å². The fourth-order valence-corrected chi connectivity index (χ4v) is 2.79. The highest BCUT2D eigenvalue weighted by molar-refractivity contribution is 6.05. The van der Waals surface area contributed by atoms with E-state index in [9.17, 15) is 24.5 Å². The number of hydrogen-bond acceptors (Lipinski definition) is 5. The van der Waals surface area contributed by atoms with E-state index in [0.29, 0.717) is 22.5 Å². The maximum Gasteiger partial charge on any atom is 0.285 e. The Bertz CT molecular complexity index is 1170. The zero-order valence-electron chi connectivity index (χ0n) is 16.0. The van der Waals surface area contributed by atoms with Crippen LogP contribution in [0.2, 0.25) is 0 Å². The molecule has 2 amide bonds. The van der Waals surface area contributed by atoms with Crippen molar-refractivity contribution in [2.24, 2.45) is 0 Å². The minimum atomic E-state index is -0.642. The Balaban J connectivity index is 1.74. The van der Waals surface area contributed by atoms with Gasteiger partial charge in [-0.15, -0.1) is 0 Å². The van der Waals surface area contributed by atoms with Crippen LogP contribution in [-0.4, -0.2) is 21.3 Å². The van der Waals surface area contributed by atoms with Crippen LogP contribution in [0.1, 0.15) is 15.9 Å². The first kappa shape index (κ1) is 20.5. The molecule has 0 atom stereocenters. The van der Waals surface area contributed by atoms with Crippen molar-refractivity contribution in [2.45, 2.75) is 13.5 Å². The molecule has 1 aromatic heterocycles. The van der Waals surface area contributed by atoms with Crippen LogP contribution in [0.15, 0.2) is 71.7 Å². The van der Waals surface area contributed by atoms with Crippen molar-refractivity contribution >= 4 is 28.9 Å². The monoisotopic (exact) mass is 406 g/mol. The second-order valence-corrected chi connectivity index (χ2v) is 6.46. The number of benzene rings is 2. The van der Waals surface area contributed by atoms with E-state index < -0.39 is 16.4 Å². The van der Waals surface area contributed by atoms with Crippen molar-refractivity contribution < 1.29 is 14.5 Å². The molecule has 2 N–H and O–H groups in total. The number of nitro groups is 1. The van der Waals surface area contributed by atoms with Crippen molar-refractivity contribution in [3.63, 3.8) is 0 Å². The Labute approximate surface area is 171 Å². The number of hydrogen-bond donors (Lipinski definition) is 2. The van der Waals surface area contributed by atoms with Crippen LogP contribution < -0.4 is 16.2 Å². The standard InChI is InChI=1S/C21H18N4O5/c1-14-17(8-5-9-18(14)23-21(28)15-6-3-2-4-7-15)22-19(26)13-24-12-16(25(29)30)10-11-20(24)27/h2-12H,13H2,1H3,(H,22,26)(H,23,28). The minimum absolute atomic E-state index is 0.287. The van der Waals surface area contributed by atoms with Gasteiger partial charge in [-0.3, -0.25) is 29.1 Å². The molecule has 0 aliphatic rings. The molecule has 0 aliphatic heterocycles. The van der Waals surface area contributed by atoms with Crippen molar-refractivity contribution in [1.82, 2.24) is 4.57 Å². The van der Waals surface area contributed by atoms with Gasteiger partial charge in [0.25, 0.3) is 17.2 Å². The topological polar surface area (TPSA) is 123 Å². The second kappa shape index (κ2) is 8.82. The Morgan fingerprint density at radius 1 is 0.967 bits per heavy atom. The zero-order valence-corrected chi connectivity index (χ0v) is 16.0. The summed E-state index contributed by atoms with van der Waals surface area (Å²) in [7, 11) is 0. The minimum Gasteiger partial charge on any atom is -0.324 e. The fourth-order valence-electron chi connectivity index (χ4n) is 2.79. The molecule has 1 heterocycles. The number of amides is 2. The predicted octanol–water partition coefficient (Wildman–Crippen LogP) is 2.96. The van der Waals surface area contributed by atoms with Crippen molar-refractivity contribution in [3.8, 4) is 0 Å². The van der Waals surface area contributed by atoms with Crippen molar-refractivity contribution in [3.05, 3.63) is 98.5 Å². The number of rotatable bonds is 6. The van der Waals surface area contributed by atoms with Gasteiger partial charge in [0.2, 0.25) is 5.91 Å². The number of carbonyl (C=O) groups is 2. The van der Waals surface area contributed by atoms with E-state index in [1.807, 2.05) is 6.07 Å². The molecule has 0 unspecified atom stereocenters.